The van der Waals surface area contributed by atoms with E-state index in [1.165, 1.54) is 7.11 Å². The Morgan fingerprint density at radius 3 is 2.50 bits per heavy atom. The van der Waals surface area contributed by atoms with E-state index in [4.69, 9.17) is 9.47 Å². The van der Waals surface area contributed by atoms with E-state index in [1.807, 2.05) is 44.2 Å². The Morgan fingerprint density at radius 2 is 1.95 bits per heavy atom. The molecule has 0 saturated heterocycles. The lowest BCUT2D eigenvalue weighted by Crippen LogP contribution is -2.43. The summed E-state index contributed by atoms with van der Waals surface area (Å²) in [6, 6.07) is 9.20. The Kier molecular flexibility index (Phi) is 7.24. The van der Waals surface area contributed by atoms with E-state index in [1.54, 1.807) is 6.08 Å². The normalized spacial score (nSPS) is 14.8. The van der Waals surface area contributed by atoms with Gasteiger partial charge in [0.2, 0.25) is 0 Å². The van der Waals surface area contributed by atoms with Crippen LogP contribution in [0.3, 0.4) is 0 Å². The summed E-state index contributed by atoms with van der Waals surface area (Å²) >= 11 is 0. The summed E-state index contributed by atoms with van der Waals surface area (Å²) in [5, 5.41) is 20.1. The number of hydrogen-bond acceptors (Lipinski definition) is 5. The monoisotopic (exact) mass is 308 g/mol. The van der Waals surface area contributed by atoms with E-state index in [0.29, 0.717) is 0 Å². The van der Waals surface area contributed by atoms with Crippen molar-refractivity contribution in [2.24, 2.45) is 0 Å². The van der Waals surface area contributed by atoms with Gasteiger partial charge in [0.1, 0.15) is 6.61 Å². The highest BCUT2D eigenvalue weighted by atomic mass is 16.6. The average Bonchev–Trinajstić information content (AvgIpc) is 2.51. The number of carbonyl (C=O) groups is 1. The number of rotatable bonds is 8. The van der Waals surface area contributed by atoms with Gasteiger partial charge >= 0.3 is 5.97 Å². The summed E-state index contributed by atoms with van der Waals surface area (Å²) in [5.74, 6) is -0.773. The van der Waals surface area contributed by atoms with Gasteiger partial charge in [-0.1, -0.05) is 42.0 Å². The Bertz CT molecular complexity index is 493. The van der Waals surface area contributed by atoms with Crippen LogP contribution >= 0.6 is 0 Å². The first-order chi connectivity index (χ1) is 10.4. The maximum atomic E-state index is 12.2. The van der Waals surface area contributed by atoms with Crippen LogP contribution in [0.1, 0.15) is 32.3 Å². The first-order valence-electron chi connectivity index (χ1n) is 7.15. The Hall–Kier alpha value is -1.69. The Labute approximate surface area is 131 Å². The van der Waals surface area contributed by atoms with Crippen molar-refractivity contribution < 1.29 is 24.5 Å². The van der Waals surface area contributed by atoms with E-state index in [2.05, 4.69) is 0 Å². The largest absolute Gasteiger partial charge is 0.459 e. The third-order valence-corrected chi connectivity index (χ3v) is 3.23. The van der Waals surface area contributed by atoms with Crippen LogP contribution in [-0.4, -0.2) is 35.2 Å². The molecule has 0 saturated carbocycles. The molecule has 0 aromatic heterocycles. The molecule has 0 radical (unpaired) electrons. The molecule has 5 heteroatoms. The van der Waals surface area contributed by atoms with Crippen molar-refractivity contribution in [1.82, 2.24) is 0 Å². The summed E-state index contributed by atoms with van der Waals surface area (Å²) in [5.41, 5.74) is -0.0320. The number of ether oxygens (including phenoxy) is 2. The maximum absolute atomic E-state index is 12.2. The van der Waals surface area contributed by atoms with Gasteiger partial charge in [-0.2, -0.15) is 0 Å². The number of allylic oxidation sites excluding steroid dienone is 1. The van der Waals surface area contributed by atoms with E-state index in [0.717, 1.165) is 11.1 Å². The van der Waals surface area contributed by atoms with Crippen molar-refractivity contribution in [3.8, 4) is 0 Å². The lowest BCUT2D eigenvalue weighted by atomic mass is 9.94. The van der Waals surface area contributed by atoms with E-state index in [9.17, 15) is 15.0 Å². The molecule has 2 N–H and O–H groups in total. The molecule has 0 aliphatic heterocycles. The molecule has 0 aliphatic rings. The van der Waals surface area contributed by atoms with Gasteiger partial charge in [0.05, 0.1) is 0 Å². The molecule has 22 heavy (non-hydrogen) atoms. The highest BCUT2D eigenvalue weighted by Gasteiger charge is 2.39. The van der Waals surface area contributed by atoms with Gasteiger partial charge in [0.25, 0.3) is 0 Å². The van der Waals surface area contributed by atoms with Crippen LogP contribution in [0.4, 0.5) is 0 Å². The fourth-order valence-electron chi connectivity index (χ4n) is 1.85. The first-order valence-corrected chi connectivity index (χ1v) is 7.15. The molecule has 0 bridgehead atoms. The molecule has 1 rings (SSSR count). The number of aliphatic hydroxyl groups is 2. The first kappa shape index (κ1) is 18.4. The summed E-state index contributed by atoms with van der Waals surface area (Å²) in [7, 11) is 1.31. The Balaban J connectivity index is 2.76. The molecule has 0 aliphatic carbocycles. The average molecular weight is 308 g/mol. The summed E-state index contributed by atoms with van der Waals surface area (Å²) in [6.45, 7) is 3.80. The van der Waals surface area contributed by atoms with Crippen molar-refractivity contribution in [2.45, 2.75) is 45.2 Å². The highest BCUT2D eigenvalue weighted by Crippen LogP contribution is 2.22. The van der Waals surface area contributed by atoms with Gasteiger partial charge in [-0.15, -0.1) is 0 Å². The van der Waals surface area contributed by atoms with Gasteiger partial charge in [-0.3, -0.25) is 0 Å². The summed E-state index contributed by atoms with van der Waals surface area (Å²) in [6.07, 6.45) is 0.302. The third kappa shape index (κ3) is 5.97. The van der Waals surface area contributed by atoms with E-state index >= 15 is 0 Å². The van der Waals surface area contributed by atoms with Gasteiger partial charge in [0.15, 0.2) is 11.9 Å². The van der Waals surface area contributed by atoms with Crippen LogP contribution in [0.5, 0.6) is 0 Å². The van der Waals surface area contributed by atoms with Crippen molar-refractivity contribution in [1.29, 1.82) is 0 Å². The molecular formula is C17H24O5. The zero-order valence-electron chi connectivity index (χ0n) is 13.3. The number of aliphatic hydroxyl groups excluding tert-OH is 1. The molecule has 0 heterocycles. The molecule has 1 unspecified atom stereocenters. The SMILES string of the molecule is COC(O)C[C@](O)(CC=C(C)C)C(=O)OCc1ccccc1. The third-order valence-electron chi connectivity index (χ3n) is 3.23. The minimum Gasteiger partial charge on any atom is -0.459 e. The zero-order valence-corrected chi connectivity index (χ0v) is 13.3. The molecular weight excluding hydrogens is 284 g/mol. The van der Waals surface area contributed by atoms with Crippen LogP contribution in [0.15, 0.2) is 42.0 Å². The second kappa shape index (κ2) is 8.68. The predicted molar refractivity (Wildman–Crippen MR) is 82.9 cm³/mol. The summed E-state index contributed by atoms with van der Waals surface area (Å²) < 4.78 is 9.92. The molecule has 0 fully saturated rings. The number of carbonyl (C=O) groups excluding carboxylic acids is 1. The topological polar surface area (TPSA) is 76.0 Å². The van der Waals surface area contributed by atoms with Crippen LogP contribution in [-0.2, 0) is 20.9 Å². The van der Waals surface area contributed by atoms with Crippen molar-refractivity contribution >= 4 is 5.97 Å². The lowest BCUT2D eigenvalue weighted by Gasteiger charge is -2.26. The second-order valence-electron chi connectivity index (χ2n) is 5.47. The van der Waals surface area contributed by atoms with Crippen LogP contribution in [0.25, 0.3) is 0 Å². The molecule has 2 atom stereocenters. The van der Waals surface area contributed by atoms with Gasteiger partial charge < -0.3 is 19.7 Å². The van der Waals surface area contributed by atoms with E-state index < -0.39 is 17.9 Å². The predicted octanol–water partition coefficient (Wildman–Crippen LogP) is 2.17. The fraction of sp³-hybridized carbons (Fsp3) is 0.471. The van der Waals surface area contributed by atoms with Crippen LogP contribution < -0.4 is 0 Å². The molecule has 5 nitrogen and oxygen atoms in total. The Morgan fingerprint density at radius 1 is 1.32 bits per heavy atom. The number of esters is 1. The van der Waals surface area contributed by atoms with Crippen LogP contribution in [0, 0.1) is 0 Å². The number of methoxy groups -OCH3 is 1. The van der Waals surface area contributed by atoms with Crippen molar-refractivity contribution in [2.75, 3.05) is 7.11 Å². The van der Waals surface area contributed by atoms with Gasteiger partial charge in [-0.25, -0.2) is 4.79 Å². The second-order valence-corrected chi connectivity index (χ2v) is 5.47. The molecule has 1 aromatic rings. The van der Waals surface area contributed by atoms with Crippen molar-refractivity contribution in [3.63, 3.8) is 0 Å². The molecule has 0 spiro atoms. The number of benzene rings is 1. The fourth-order valence-corrected chi connectivity index (χ4v) is 1.85. The highest BCUT2D eigenvalue weighted by molar-refractivity contribution is 5.79. The van der Waals surface area contributed by atoms with Gasteiger partial charge in [0, 0.05) is 20.0 Å². The molecule has 0 amide bonds. The standard InChI is InChI=1S/C17H24O5/c1-13(2)9-10-17(20,11-15(18)21-3)16(19)22-12-14-7-5-4-6-8-14/h4-9,15,18,20H,10-12H2,1-3H3/t15?,17-/m1/s1. The summed E-state index contributed by atoms with van der Waals surface area (Å²) in [4.78, 5) is 12.2. The van der Waals surface area contributed by atoms with Crippen molar-refractivity contribution in [3.05, 3.63) is 47.5 Å². The maximum Gasteiger partial charge on any atom is 0.338 e. The zero-order chi connectivity index (χ0) is 16.6. The number of hydrogen-bond donors (Lipinski definition) is 2. The smallest absolute Gasteiger partial charge is 0.338 e. The molecule has 122 valence electrons. The quantitative estimate of drug-likeness (QED) is 0.437. The minimum atomic E-state index is -1.82. The lowest BCUT2D eigenvalue weighted by molar-refractivity contribution is -0.180. The van der Waals surface area contributed by atoms with E-state index in [-0.39, 0.29) is 19.4 Å². The van der Waals surface area contributed by atoms with Gasteiger partial charge in [-0.05, 0) is 19.4 Å². The van der Waals surface area contributed by atoms with Crippen LogP contribution in [0.2, 0.25) is 0 Å². The minimum absolute atomic E-state index is 0.0589. The molecule has 1 aromatic carbocycles.